The molecular formula is C15H11Cl2FN2S. The molecule has 0 spiro atoms. The van der Waals surface area contributed by atoms with Gasteiger partial charge in [0.25, 0.3) is 0 Å². The van der Waals surface area contributed by atoms with E-state index in [2.05, 4.69) is 5.43 Å². The van der Waals surface area contributed by atoms with Crippen molar-refractivity contribution in [2.24, 2.45) is 5.84 Å². The zero-order valence-electron chi connectivity index (χ0n) is 10.7. The molecule has 0 aliphatic carbocycles. The molecule has 0 aliphatic heterocycles. The molecule has 2 nitrogen and oxygen atoms in total. The van der Waals surface area contributed by atoms with E-state index in [4.69, 9.17) is 29.0 Å². The van der Waals surface area contributed by atoms with Gasteiger partial charge in [-0.2, -0.15) is 0 Å². The summed E-state index contributed by atoms with van der Waals surface area (Å²) in [5.74, 6) is 5.44. The summed E-state index contributed by atoms with van der Waals surface area (Å²) in [5.41, 5.74) is 3.67. The van der Waals surface area contributed by atoms with E-state index >= 15 is 0 Å². The van der Waals surface area contributed by atoms with Gasteiger partial charge in [-0.3, -0.25) is 5.84 Å². The Bertz CT molecular complexity index is 803. The molecule has 0 saturated carbocycles. The Balaban J connectivity index is 2.06. The highest BCUT2D eigenvalue weighted by Crippen LogP contribution is 2.35. The molecule has 1 atom stereocenters. The van der Waals surface area contributed by atoms with Crippen molar-refractivity contribution in [1.29, 1.82) is 0 Å². The number of thiophene rings is 1. The van der Waals surface area contributed by atoms with Crippen molar-refractivity contribution in [3.63, 3.8) is 0 Å². The van der Waals surface area contributed by atoms with E-state index in [1.54, 1.807) is 18.2 Å². The molecule has 3 rings (SSSR count). The SMILES string of the molecule is NNC(c1ccc(Cl)c(Cl)c1)c1cc2ccc(F)cc2s1. The van der Waals surface area contributed by atoms with Crippen LogP contribution in [0.4, 0.5) is 4.39 Å². The Hall–Kier alpha value is -1.17. The molecule has 0 fully saturated rings. The maximum Gasteiger partial charge on any atom is 0.124 e. The van der Waals surface area contributed by atoms with E-state index in [1.807, 2.05) is 12.1 Å². The van der Waals surface area contributed by atoms with E-state index < -0.39 is 0 Å². The third-order valence-electron chi connectivity index (χ3n) is 3.23. The minimum Gasteiger partial charge on any atom is -0.271 e. The monoisotopic (exact) mass is 340 g/mol. The molecule has 0 aliphatic rings. The first-order chi connectivity index (χ1) is 10.1. The lowest BCUT2D eigenvalue weighted by atomic mass is 10.1. The van der Waals surface area contributed by atoms with Crippen molar-refractivity contribution in [2.75, 3.05) is 0 Å². The smallest absolute Gasteiger partial charge is 0.124 e. The van der Waals surface area contributed by atoms with Crippen LogP contribution in [0.25, 0.3) is 10.1 Å². The van der Waals surface area contributed by atoms with Crippen LogP contribution in [0.15, 0.2) is 42.5 Å². The molecular weight excluding hydrogens is 330 g/mol. The van der Waals surface area contributed by atoms with E-state index in [-0.39, 0.29) is 11.9 Å². The number of nitrogens with one attached hydrogen (secondary N) is 1. The van der Waals surface area contributed by atoms with Crippen LogP contribution in [0.5, 0.6) is 0 Å². The van der Waals surface area contributed by atoms with Crippen molar-refractivity contribution in [3.05, 3.63) is 68.8 Å². The highest BCUT2D eigenvalue weighted by molar-refractivity contribution is 7.19. The predicted molar refractivity (Wildman–Crippen MR) is 87.4 cm³/mol. The maximum absolute atomic E-state index is 13.3. The maximum atomic E-state index is 13.3. The number of fused-ring (bicyclic) bond motifs is 1. The van der Waals surface area contributed by atoms with Crippen LogP contribution < -0.4 is 11.3 Å². The standard InChI is InChI=1S/C15H11Cl2FN2S/c16-11-4-2-9(5-12(11)17)15(20-19)14-6-8-1-3-10(18)7-13(8)21-14/h1-7,15,20H,19H2. The van der Waals surface area contributed by atoms with Crippen LogP contribution in [0.3, 0.4) is 0 Å². The third-order valence-corrected chi connectivity index (χ3v) is 5.13. The van der Waals surface area contributed by atoms with Gasteiger partial charge < -0.3 is 0 Å². The number of halogens is 3. The fourth-order valence-corrected chi connectivity index (χ4v) is 3.69. The molecule has 108 valence electrons. The first kappa shape index (κ1) is 14.8. The van der Waals surface area contributed by atoms with Crippen LogP contribution in [-0.2, 0) is 0 Å². The van der Waals surface area contributed by atoms with Gasteiger partial charge in [-0.25, -0.2) is 9.82 Å². The van der Waals surface area contributed by atoms with Crippen molar-refractivity contribution < 1.29 is 4.39 Å². The van der Waals surface area contributed by atoms with Gasteiger partial charge in [-0.05, 0) is 41.3 Å². The van der Waals surface area contributed by atoms with Crippen molar-refractivity contribution in [2.45, 2.75) is 6.04 Å². The van der Waals surface area contributed by atoms with Gasteiger partial charge in [0.05, 0.1) is 16.1 Å². The molecule has 3 N–H and O–H groups in total. The van der Waals surface area contributed by atoms with Gasteiger partial charge >= 0.3 is 0 Å². The molecule has 21 heavy (non-hydrogen) atoms. The Labute approximate surface area is 135 Å². The fourth-order valence-electron chi connectivity index (χ4n) is 2.20. The summed E-state index contributed by atoms with van der Waals surface area (Å²) in [4.78, 5) is 0.983. The van der Waals surface area contributed by atoms with Crippen LogP contribution in [0.2, 0.25) is 10.0 Å². The average molecular weight is 341 g/mol. The summed E-state index contributed by atoms with van der Waals surface area (Å²) in [6.07, 6.45) is 0. The molecule has 0 amide bonds. The quantitative estimate of drug-likeness (QED) is 0.525. The van der Waals surface area contributed by atoms with Crippen LogP contribution >= 0.6 is 34.5 Å². The second-order valence-corrected chi connectivity index (χ2v) is 6.53. The highest BCUT2D eigenvalue weighted by Gasteiger charge is 2.16. The topological polar surface area (TPSA) is 38.0 Å². The van der Waals surface area contributed by atoms with Crippen LogP contribution in [0.1, 0.15) is 16.5 Å². The van der Waals surface area contributed by atoms with E-state index in [0.717, 1.165) is 20.5 Å². The zero-order valence-corrected chi connectivity index (χ0v) is 13.1. The van der Waals surface area contributed by atoms with Crippen LogP contribution in [0, 0.1) is 5.82 Å². The Morgan fingerprint density at radius 1 is 1.05 bits per heavy atom. The molecule has 1 unspecified atom stereocenters. The van der Waals surface area contributed by atoms with Gasteiger partial charge in [-0.15, -0.1) is 11.3 Å². The highest BCUT2D eigenvalue weighted by atomic mass is 35.5. The van der Waals surface area contributed by atoms with E-state index in [9.17, 15) is 4.39 Å². The lowest BCUT2D eigenvalue weighted by Crippen LogP contribution is -2.28. The van der Waals surface area contributed by atoms with Gasteiger partial charge in [-0.1, -0.05) is 35.3 Å². The van der Waals surface area contributed by atoms with Crippen LogP contribution in [-0.4, -0.2) is 0 Å². The van der Waals surface area contributed by atoms with Crippen molar-refractivity contribution in [3.8, 4) is 0 Å². The third kappa shape index (κ3) is 2.91. The van der Waals surface area contributed by atoms with E-state index in [0.29, 0.717) is 10.0 Å². The van der Waals surface area contributed by atoms with E-state index in [1.165, 1.54) is 23.5 Å². The number of hydrogen-bond donors (Lipinski definition) is 2. The molecule has 0 bridgehead atoms. The molecule has 3 aromatic rings. The second-order valence-electron chi connectivity index (χ2n) is 4.60. The molecule has 1 heterocycles. The van der Waals surface area contributed by atoms with Gasteiger partial charge in [0, 0.05) is 9.58 Å². The molecule has 0 radical (unpaired) electrons. The minimum atomic E-state index is -0.248. The zero-order chi connectivity index (χ0) is 15.0. The number of benzene rings is 2. The normalized spacial score (nSPS) is 12.8. The lowest BCUT2D eigenvalue weighted by molar-refractivity contribution is 0.630. The van der Waals surface area contributed by atoms with Gasteiger partial charge in [0.1, 0.15) is 5.82 Å². The minimum absolute atomic E-state index is 0.222. The molecule has 6 heteroatoms. The summed E-state index contributed by atoms with van der Waals surface area (Å²) in [5, 5.41) is 1.95. The Morgan fingerprint density at radius 2 is 1.86 bits per heavy atom. The number of rotatable bonds is 3. The largest absolute Gasteiger partial charge is 0.271 e. The Morgan fingerprint density at radius 3 is 2.57 bits per heavy atom. The number of nitrogens with two attached hydrogens (primary N) is 1. The molecule has 1 aromatic heterocycles. The summed E-state index contributed by atoms with van der Waals surface area (Å²) in [6.45, 7) is 0. The first-order valence-electron chi connectivity index (χ1n) is 6.18. The summed E-state index contributed by atoms with van der Waals surface area (Å²) in [6, 6.07) is 11.9. The second kappa shape index (κ2) is 5.91. The summed E-state index contributed by atoms with van der Waals surface area (Å²) in [7, 11) is 0. The van der Waals surface area contributed by atoms with Gasteiger partial charge in [0.15, 0.2) is 0 Å². The molecule has 0 saturated heterocycles. The summed E-state index contributed by atoms with van der Waals surface area (Å²) >= 11 is 13.5. The molecule has 2 aromatic carbocycles. The number of hydrogen-bond acceptors (Lipinski definition) is 3. The predicted octanol–water partition coefficient (Wildman–Crippen LogP) is 4.90. The fraction of sp³-hybridized carbons (Fsp3) is 0.0667. The Kier molecular flexibility index (Phi) is 4.15. The average Bonchev–Trinajstić information content (AvgIpc) is 2.86. The first-order valence-corrected chi connectivity index (χ1v) is 7.76. The van der Waals surface area contributed by atoms with Crippen molar-refractivity contribution >= 4 is 44.6 Å². The van der Waals surface area contributed by atoms with Gasteiger partial charge in [0.2, 0.25) is 0 Å². The summed E-state index contributed by atoms with van der Waals surface area (Å²) < 4.78 is 14.2. The van der Waals surface area contributed by atoms with Crippen molar-refractivity contribution in [1.82, 2.24) is 5.43 Å². The lowest BCUT2D eigenvalue weighted by Gasteiger charge is -2.15. The number of hydrazine groups is 1.